The maximum absolute atomic E-state index is 11.3. The van der Waals surface area contributed by atoms with Gasteiger partial charge in [-0.2, -0.15) is 10.1 Å². The fourth-order valence-corrected chi connectivity index (χ4v) is 2.12. The normalized spacial score (nSPS) is 10.8. The molecule has 0 fully saturated rings. The van der Waals surface area contributed by atoms with Crippen LogP contribution in [0.15, 0.2) is 30.5 Å². The van der Waals surface area contributed by atoms with Crippen LogP contribution in [0, 0.1) is 17.0 Å². The largest absolute Gasteiger partial charge is 0.334 e. The summed E-state index contributed by atoms with van der Waals surface area (Å²) < 4.78 is 1.41. The number of fused-ring (bicyclic) bond motifs is 1. The number of hydrogen-bond acceptors (Lipinski definition) is 7. The minimum absolute atomic E-state index is 0.0710. The SMILES string of the molecule is Cc1nc(NN)nc(-n2ncc3ccccc32)c1[N+](=O)[O-]. The number of nitro groups is 1. The van der Waals surface area contributed by atoms with E-state index in [0.29, 0.717) is 5.52 Å². The third kappa shape index (κ3) is 2.05. The first kappa shape index (κ1) is 12.9. The average molecular weight is 285 g/mol. The predicted molar refractivity (Wildman–Crippen MR) is 75.9 cm³/mol. The van der Waals surface area contributed by atoms with Crippen molar-refractivity contribution in [2.75, 3.05) is 5.43 Å². The van der Waals surface area contributed by atoms with Gasteiger partial charge in [-0.05, 0) is 13.0 Å². The molecule has 0 spiro atoms. The standard InChI is InChI=1S/C12H11N7O2/c1-7-10(19(20)21)11(16-12(15-7)17-13)18-9-5-3-2-4-8(9)6-14-18/h2-6H,13H2,1H3,(H,15,16,17). The Morgan fingerprint density at radius 2 is 2.10 bits per heavy atom. The van der Waals surface area contributed by atoms with Crippen molar-refractivity contribution in [2.45, 2.75) is 6.92 Å². The molecule has 0 saturated heterocycles. The van der Waals surface area contributed by atoms with Gasteiger partial charge in [0.1, 0.15) is 5.69 Å². The van der Waals surface area contributed by atoms with Gasteiger partial charge in [0.25, 0.3) is 0 Å². The number of nitrogen functional groups attached to an aromatic ring is 1. The van der Waals surface area contributed by atoms with E-state index in [2.05, 4.69) is 20.5 Å². The third-order valence-electron chi connectivity index (χ3n) is 3.03. The zero-order valence-corrected chi connectivity index (χ0v) is 11.0. The lowest BCUT2D eigenvalue weighted by atomic mass is 10.2. The van der Waals surface area contributed by atoms with E-state index in [1.54, 1.807) is 12.3 Å². The summed E-state index contributed by atoms with van der Waals surface area (Å²) >= 11 is 0. The monoisotopic (exact) mass is 285 g/mol. The van der Waals surface area contributed by atoms with E-state index >= 15 is 0 Å². The number of hydrazine groups is 1. The van der Waals surface area contributed by atoms with E-state index in [4.69, 9.17) is 5.84 Å². The van der Waals surface area contributed by atoms with Gasteiger partial charge in [0, 0.05) is 5.39 Å². The molecule has 0 saturated carbocycles. The molecule has 3 rings (SSSR count). The summed E-state index contributed by atoms with van der Waals surface area (Å²) in [4.78, 5) is 18.8. The van der Waals surface area contributed by atoms with Crippen molar-refractivity contribution in [1.82, 2.24) is 19.7 Å². The minimum atomic E-state index is -0.526. The van der Waals surface area contributed by atoms with Gasteiger partial charge >= 0.3 is 5.69 Å². The lowest BCUT2D eigenvalue weighted by Crippen LogP contribution is -2.15. The topological polar surface area (TPSA) is 125 Å². The Morgan fingerprint density at radius 3 is 2.81 bits per heavy atom. The molecule has 0 aliphatic rings. The molecule has 0 aliphatic heterocycles. The molecule has 2 heterocycles. The number of aryl methyl sites for hydroxylation is 1. The lowest BCUT2D eigenvalue weighted by molar-refractivity contribution is -0.385. The van der Waals surface area contributed by atoms with Crippen LogP contribution in [0.25, 0.3) is 16.7 Å². The van der Waals surface area contributed by atoms with Crippen molar-refractivity contribution < 1.29 is 4.92 Å². The Kier molecular flexibility index (Phi) is 2.95. The van der Waals surface area contributed by atoms with Gasteiger partial charge in [0.2, 0.25) is 11.8 Å². The minimum Gasteiger partial charge on any atom is -0.292 e. The molecule has 2 aromatic heterocycles. The highest BCUT2D eigenvalue weighted by Gasteiger charge is 2.25. The van der Waals surface area contributed by atoms with E-state index in [1.165, 1.54) is 11.6 Å². The summed E-state index contributed by atoms with van der Waals surface area (Å²) in [5.74, 6) is 5.47. The highest BCUT2D eigenvalue weighted by Crippen LogP contribution is 2.27. The van der Waals surface area contributed by atoms with Crippen molar-refractivity contribution >= 4 is 22.5 Å². The Balaban J connectivity index is 2.35. The number of nitrogens with one attached hydrogen (secondary N) is 1. The van der Waals surface area contributed by atoms with E-state index in [1.807, 2.05) is 18.2 Å². The zero-order chi connectivity index (χ0) is 15.0. The first-order valence-electron chi connectivity index (χ1n) is 6.04. The quantitative estimate of drug-likeness (QED) is 0.422. The Labute approximate surface area is 118 Å². The number of benzene rings is 1. The second-order valence-corrected chi connectivity index (χ2v) is 4.32. The molecule has 0 aliphatic carbocycles. The third-order valence-corrected chi connectivity index (χ3v) is 3.03. The van der Waals surface area contributed by atoms with Crippen LogP contribution < -0.4 is 11.3 Å². The van der Waals surface area contributed by atoms with E-state index in [9.17, 15) is 10.1 Å². The zero-order valence-electron chi connectivity index (χ0n) is 11.0. The van der Waals surface area contributed by atoms with Crippen LogP contribution in [0.4, 0.5) is 11.6 Å². The summed E-state index contributed by atoms with van der Waals surface area (Å²) in [5, 5.41) is 16.3. The van der Waals surface area contributed by atoms with Crippen LogP contribution in [0.1, 0.15) is 5.69 Å². The second kappa shape index (κ2) is 4.80. The number of aromatic nitrogens is 4. The fourth-order valence-electron chi connectivity index (χ4n) is 2.12. The predicted octanol–water partition coefficient (Wildman–Crippen LogP) is 1.32. The van der Waals surface area contributed by atoms with Crippen molar-refractivity contribution in [3.05, 3.63) is 46.3 Å². The molecular weight excluding hydrogens is 274 g/mol. The molecule has 0 bridgehead atoms. The van der Waals surface area contributed by atoms with Crippen LogP contribution >= 0.6 is 0 Å². The molecule has 0 unspecified atom stereocenters. The smallest absolute Gasteiger partial charge is 0.292 e. The van der Waals surface area contributed by atoms with Gasteiger partial charge in [-0.15, -0.1) is 0 Å². The Morgan fingerprint density at radius 1 is 1.33 bits per heavy atom. The van der Waals surface area contributed by atoms with E-state index in [-0.39, 0.29) is 23.1 Å². The van der Waals surface area contributed by atoms with Crippen LogP contribution in [-0.4, -0.2) is 24.7 Å². The van der Waals surface area contributed by atoms with Crippen LogP contribution in [0.5, 0.6) is 0 Å². The number of nitrogens with zero attached hydrogens (tertiary/aromatic N) is 5. The number of nitrogens with two attached hydrogens (primary N) is 1. The summed E-state index contributed by atoms with van der Waals surface area (Å²) in [6.45, 7) is 1.52. The fraction of sp³-hybridized carbons (Fsp3) is 0.0833. The average Bonchev–Trinajstić information content (AvgIpc) is 2.89. The highest BCUT2D eigenvalue weighted by molar-refractivity contribution is 5.80. The van der Waals surface area contributed by atoms with Crippen molar-refractivity contribution in [3.8, 4) is 5.82 Å². The van der Waals surface area contributed by atoms with Crippen molar-refractivity contribution in [2.24, 2.45) is 5.84 Å². The molecule has 0 atom stereocenters. The molecule has 0 amide bonds. The van der Waals surface area contributed by atoms with Gasteiger partial charge in [-0.25, -0.2) is 15.5 Å². The Hall–Kier alpha value is -3.07. The van der Waals surface area contributed by atoms with Gasteiger partial charge in [-0.1, -0.05) is 18.2 Å². The summed E-state index contributed by atoms with van der Waals surface area (Å²) in [6, 6.07) is 7.35. The number of para-hydroxylation sites is 1. The maximum atomic E-state index is 11.3. The lowest BCUT2D eigenvalue weighted by Gasteiger charge is -2.07. The number of hydrogen-bond donors (Lipinski definition) is 2. The van der Waals surface area contributed by atoms with Gasteiger partial charge < -0.3 is 0 Å². The van der Waals surface area contributed by atoms with Crippen LogP contribution in [0.3, 0.4) is 0 Å². The molecule has 9 nitrogen and oxygen atoms in total. The molecule has 21 heavy (non-hydrogen) atoms. The maximum Gasteiger partial charge on any atom is 0.334 e. The summed E-state index contributed by atoms with van der Waals surface area (Å²) in [6.07, 6.45) is 1.62. The molecule has 3 aromatic rings. The van der Waals surface area contributed by atoms with E-state index < -0.39 is 4.92 Å². The molecule has 3 N–H and O–H groups in total. The van der Waals surface area contributed by atoms with Crippen LogP contribution in [-0.2, 0) is 0 Å². The van der Waals surface area contributed by atoms with Gasteiger partial charge in [0.05, 0.1) is 16.6 Å². The first-order valence-corrected chi connectivity index (χ1v) is 6.04. The van der Waals surface area contributed by atoms with Gasteiger partial charge in [-0.3, -0.25) is 15.5 Å². The highest BCUT2D eigenvalue weighted by atomic mass is 16.6. The van der Waals surface area contributed by atoms with E-state index in [0.717, 1.165) is 5.39 Å². The molecule has 9 heteroatoms. The second-order valence-electron chi connectivity index (χ2n) is 4.32. The molecule has 0 radical (unpaired) electrons. The Bertz CT molecular complexity index is 843. The van der Waals surface area contributed by atoms with Gasteiger partial charge in [0.15, 0.2) is 0 Å². The molecule has 106 valence electrons. The summed E-state index contributed by atoms with van der Waals surface area (Å²) in [7, 11) is 0. The number of anilines is 1. The molecule has 1 aromatic carbocycles. The van der Waals surface area contributed by atoms with Crippen molar-refractivity contribution in [1.29, 1.82) is 0 Å². The first-order chi connectivity index (χ1) is 10.1. The number of rotatable bonds is 3. The van der Waals surface area contributed by atoms with Crippen molar-refractivity contribution in [3.63, 3.8) is 0 Å². The summed E-state index contributed by atoms with van der Waals surface area (Å²) in [5.41, 5.74) is 3.01. The molecular formula is C12H11N7O2. The van der Waals surface area contributed by atoms with Crippen LogP contribution in [0.2, 0.25) is 0 Å².